The van der Waals surface area contributed by atoms with E-state index >= 15 is 0 Å². The number of rotatable bonds is 8. The van der Waals surface area contributed by atoms with Gasteiger partial charge in [-0.1, -0.05) is 26.7 Å². The minimum atomic E-state index is -0.769. The number of nitrogens with one attached hydrogen (secondary N) is 2. The molecule has 0 aliphatic carbocycles. The zero-order valence-electron chi connectivity index (χ0n) is 22.5. The molecule has 0 spiro atoms. The summed E-state index contributed by atoms with van der Waals surface area (Å²) in [6.45, 7) is 11.0. The van der Waals surface area contributed by atoms with Gasteiger partial charge in [0.1, 0.15) is 0 Å². The van der Waals surface area contributed by atoms with E-state index in [0.717, 1.165) is 70.7 Å². The number of likely N-dealkylation sites (tertiary alicyclic amines) is 2. The molecule has 4 rings (SSSR count). The fourth-order valence-corrected chi connectivity index (χ4v) is 7.21. The van der Waals surface area contributed by atoms with Gasteiger partial charge in [0, 0.05) is 37.9 Å². The number of hydrogen-bond acceptors (Lipinski definition) is 7. The number of hydrogen-bond donors (Lipinski definition) is 4. The van der Waals surface area contributed by atoms with Crippen LogP contribution in [-0.2, 0) is 4.79 Å². The van der Waals surface area contributed by atoms with E-state index in [2.05, 4.69) is 34.3 Å². The zero-order chi connectivity index (χ0) is 25.7. The van der Waals surface area contributed by atoms with Crippen LogP contribution in [0.4, 0.5) is 0 Å². The third-order valence-corrected chi connectivity index (χ3v) is 10.1. The van der Waals surface area contributed by atoms with Crippen LogP contribution in [0.1, 0.15) is 71.6 Å². The molecule has 4 aliphatic rings. The zero-order valence-corrected chi connectivity index (χ0v) is 23.3. The van der Waals surface area contributed by atoms with Crippen LogP contribution in [0.5, 0.6) is 0 Å². The first kappa shape index (κ1) is 28.2. The van der Waals surface area contributed by atoms with Crippen molar-refractivity contribution in [2.24, 2.45) is 27.8 Å². The van der Waals surface area contributed by atoms with Gasteiger partial charge in [0.2, 0.25) is 5.91 Å². The Morgan fingerprint density at radius 2 is 1.86 bits per heavy atom. The molecule has 0 aromatic carbocycles. The molecule has 4 heterocycles. The number of alkyl halides is 1. The summed E-state index contributed by atoms with van der Waals surface area (Å²) in [7, 11) is 0. The van der Waals surface area contributed by atoms with E-state index in [1.54, 1.807) is 0 Å². The predicted molar refractivity (Wildman–Crippen MR) is 148 cm³/mol. The highest BCUT2D eigenvalue weighted by Crippen LogP contribution is 2.41. The number of piperidine rings is 2. The maximum Gasteiger partial charge on any atom is 0.228 e. The number of halogens is 1. The first-order chi connectivity index (χ1) is 17.4. The fourth-order valence-electron chi connectivity index (χ4n) is 7.04. The van der Waals surface area contributed by atoms with Gasteiger partial charge in [-0.15, -0.1) is 11.6 Å². The summed E-state index contributed by atoms with van der Waals surface area (Å²) in [5, 5.41) is 6.77. The Morgan fingerprint density at radius 3 is 2.47 bits per heavy atom. The van der Waals surface area contributed by atoms with Crippen LogP contribution in [0.25, 0.3) is 0 Å². The van der Waals surface area contributed by atoms with Gasteiger partial charge in [0.15, 0.2) is 0 Å². The highest BCUT2D eigenvalue weighted by Gasteiger charge is 2.41. The molecule has 0 aromatic heterocycles. The average Bonchev–Trinajstić information content (AvgIpc) is 2.83. The van der Waals surface area contributed by atoms with Crippen LogP contribution in [0.15, 0.2) is 4.99 Å². The Balaban J connectivity index is 1.44. The summed E-state index contributed by atoms with van der Waals surface area (Å²) in [6.07, 6.45) is 10.7. The molecule has 4 aliphatic heterocycles. The van der Waals surface area contributed by atoms with E-state index in [4.69, 9.17) is 28.1 Å². The smallest absolute Gasteiger partial charge is 0.228 e. The van der Waals surface area contributed by atoms with Gasteiger partial charge in [-0.2, -0.15) is 0 Å². The molecule has 206 valence electrons. The van der Waals surface area contributed by atoms with Crippen molar-refractivity contribution in [3.05, 3.63) is 0 Å². The van der Waals surface area contributed by atoms with Gasteiger partial charge >= 0.3 is 0 Å². The van der Waals surface area contributed by atoms with Crippen molar-refractivity contribution in [1.82, 2.24) is 20.4 Å². The lowest BCUT2D eigenvalue weighted by atomic mass is 9.70. The summed E-state index contributed by atoms with van der Waals surface area (Å²) in [4.78, 5) is 23.9. The van der Waals surface area contributed by atoms with Crippen molar-refractivity contribution in [2.45, 2.75) is 107 Å². The Hall–Kier alpha value is -0.770. The van der Waals surface area contributed by atoms with Crippen LogP contribution in [0.3, 0.4) is 0 Å². The summed E-state index contributed by atoms with van der Waals surface area (Å²) in [5.41, 5.74) is 12.7. The van der Waals surface area contributed by atoms with Gasteiger partial charge in [0.25, 0.3) is 0 Å². The number of nitrogens with zero attached hydrogens (tertiary/aromatic N) is 3. The highest BCUT2D eigenvalue weighted by molar-refractivity contribution is 6.28. The van der Waals surface area contributed by atoms with E-state index in [0.29, 0.717) is 6.04 Å². The van der Waals surface area contributed by atoms with Gasteiger partial charge in [0.05, 0.1) is 29.5 Å². The van der Waals surface area contributed by atoms with Crippen LogP contribution in [0, 0.1) is 11.3 Å². The van der Waals surface area contributed by atoms with E-state index in [1.165, 1.54) is 32.4 Å². The van der Waals surface area contributed by atoms with E-state index < -0.39 is 12.1 Å². The van der Waals surface area contributed by atoms with E-state index in [-0.39, 0.29) is 28.8 Å². The first-order valence-electron chi connectivity index (χ1n) is 14.5. The van der Waals surface area contributed by atoms with Gasteiger partial charge in [-0.3, -0.25) is 14.7 Å². The third kappa shape index (κ3) is 6.62. The summed E-state index contributed by atoms with van der Waals surface area (Å²) in [5.74, 6) is -0.630. The maximum atomic E-state index is 13.8. The second kappa shape index (κ2) is 12.9. The van der Waals surface area contributed by atoms with Gasteiger partial charge in [-0.25, -0.2) is 0 Å². The van der Waals surface area contributed by atoms with Crippen molar-refractivity contribution in [1.29, 1.82) is 0 Å². The second-order valence-corrected chi connectivity index (χ2v) is 12.3. The lowest BCUT2D eigenvalue weighted by molar-refractivity contribution is -0.128. The molecule has 3 fully saturated rings. The molecule has 0 bridgehead atoms. The van der Waals surface area contributed by atoms with Crippen molar-refractivity contribution >= 4 is 23.7 Å². The van der Waals surface area contributed by atoms with Gasteiger partial charge in [-0.05, 0) is 70.0 Å². The summed E-state index contributed by atoms with van der Waals surface area (Å²) >= 11 is 6.54. The molecule has 6 N–H and O–H groups in total. The lowest BCUT2D eigenvalue weighted by Crippen LogP contribution is -2.64. The quantitative estimate of drug-likeness (QED) is 0.285. The Morgan fingerprint density at radius 1 is 1.14 bits per heavy atom. The topological polar surface area (TPSA) is 112 Å². The molecule has 3 saturated heterocycles. The summed E-state index contributed by atoms with van der Waals surface area (Å²) in [6, 6.07) is 0.882. The number of amides is 1. The summed E-state index contributed by atoms with van der Waals surface area (Å²) < 4.78 is 0. The van der Waals surface area contributed by atoms with E-state index in [1.807, 2.05) is 6.21 Å². The molecule has 0 saturated carbocycles. The predicted octanol–water partition coefficient (Wildman–Crippen LogP) is 1.90. The van der Waals surface area contributed by atoms with Crippen LogP contribution < -0.4 is 22.1 Å². The molecule has 5 unspecified atom stereocenters. The monoisotopic (exact) mass is 523 g/mol. The Bertz CT molecular complexity index is 734. The van der Waals surface area contributed by atoms with Crippen LogP contribution >= 0.6 is 11.6 Å². The van der Waals surface area contributed by atoms with Crippen LogP contribution in [-0.4, -0.2) is 96.9 Å². The van der Waals surface area contributed by atoms with Crippen molar-refractivity contribution in [3.8, 4) is 0 Å². The molecule has 9 heteroatoms. The van der Waals surface area contributed by atoms with Crippen molar-refractivity contribution < 1.29 is 4.79 Å². The van der Waals surface area contributed by atoms with Crippen molar-refractivity contribution in [2.75, 3.05) is 39.3 Å². The van der Waals surface area contributed by atoms with E-state index in [9.17, 15) is 4.79 Å². The first-order valence-corrected chi connectivity index (χ1v) is 15.0. The maximum absolute atomic E-state index is 13.8. The lowest BCUT2D eigenvalue weighted by Gasteiger charge is -2.47. The van der Waals surface area contributed by atoms with Crippen molar-refractivity contribution in [3.63, 3.8) is 0 Å². The molecule has 0 radical (unpaired) electrons. The third-order valence-electron chi connectivity index (χ3n) is 9.81. The minimum Gasteiger partial charge on any atom is -0.350 e. The molecule has 0 aromatic rings. The molecule has 5 atom stereocenters. The largest absolute Gasteiger partial charge is 0.350 e. The Labute approximate surface area is 223 Å². The number of carbonyl (C=O) groups is 1. The van der Waals surface area contributed by atoms with Crippen LogP contribution in [0.2, 0.25) is 0 Å². The molecular weight excluding hydrogens is 474 g/mol. The van der Waals surface area contributed by atoms with Gasteiger partial charge < -0.3 is 27.0 Å². The average molecular weight is 524 g/mol. The molecule has 1 amide bonds. The number of carbonyl (C=O) groups excluding carboxylic acids is 1. The standard InChI is InChI=1S/C27H50ClN7O/c1-3-27(4-2)10-6-19(28)17-32-21(16-27)24(25(29)30)26(36)33-22-18-31-11-7-23(22)35-14-8-20(9-15-35)34-12-5-13-34/h17,19-25,31H,3-16,18,29-30H2,1-2H3,(H,33,36). The Kier molecular flexibility index (Phi) is 10.1. The SMILES string of the molecule is CCC1(CC)CCC(Cl)C=NC(C(C(=O)NC2CNCCC2N2CCC(N3CCC3)CC2)C(N)N)C1. The molecular formula is C27H50ClN7O. The minimum absolute atomic E-state index is 0.0495. The highest BCUT2D eigenvalue weighted by atomic mass is 35.5. The number of nitrogens with two attached hydrogens (primary N) is 2. The number of aliphatic imine (C=N–C) groups is 1. The normalized spacial score (nSPS) is 33.5. The second-order valence-electron chi connectivity index (χ2n) is 11.8. The molecule has 8 nitrogen and oxygen atoms in total. The fraction of sp³-hybridized carbons (Fsp3) is 0.926. The molecule has 36 heavy (non-hydrogen) atoms.